The maximum absolute atomic E-state index is 13.6. The number of aromatic hydroxyl groups is 2. The lowest BCUT2D eigenvalue weighted by Gasteiger charge is -2.30. The van der Waals surface area contributed by atoms with Crippen molar-refractivity contribution < 1.29 is 34.0 Å². The summed E-state index contributed by atoms with van der Waals surface area (Å²) in [6.07, 6.45) is 0.140. The van der Waals surface area contributed by atoms with Crippen LogP contribution in [0.4, 0.5) is 0 Å². The quantitative estimate of drug-likeness (QED) is 0.389. The zero-order chi connectivity index (χ0) is 26.3. The summed E-state index contributed by atoms with van der Waals surface area (Å²) in [5, 5.41) is 21.2. The highest BCUT2D eigenvalue weighted by molar-refractivity contribution is 6.12. The molecule has 35 heavy (non-hydrogen) atoms. The molecule has 2 rings (SSSR count). The molecule has 1 amide bonds. The van der Waals surface area contributed by atoms with E-state index < -0.39 is 17.1 Å². The summed E-state index contributed by atoms with van der Waals surface area (Å²) >= 11 is 0. The molecule has 0 aliphatic rings. The van der Waals surface area contributed by atoms with Gasteiger partial charge in [0.15, 0.2) is 17.3 Å². The number of carbonyl (C=O) groups is 2. The Morgan fingerprint density at radius 3 is 2.20 bits per heavy atom. The maximum Gasteiger partial charge on any atom is 0.227 e. The van der Waals surface area contributed by atoms with Crippen molar-refractivity contribution in [2.24, 2.45) is 5.73 Å². The van der Waals surface area contributed by atoms with Crippen molar-refractivity contribution in [2.45, 2.75) is 39.2 Å². The summed E-state index contributed by atoms with van der Waals surface area (Å²) in [6.45, 7) is 6.30. The van der Waals surface area contributed by atoms with E-state index in [1.165, 1.54) is 20.3 Å². The van der Waals surface area contributed by atoms with Crippen LogP contribution in [0.3, 0.4) is 0 Å². The van der Waals surface area contributed by atoms with Gasteiger partial charge in [0.1, 0.15) is 11.5 Å². The largest absolute Gasteiger partial charge is 0.508 e. The van der Waals surface area contributed by atoms with Gasteiger partial charge in [0.2, 0.25) is 5.91 Å². The van der Waals surface area contributed by atoms with E-state index in [0.29, 0.717) is 36.6 Å². The minimum atomic E-state index is -0.656. The first-order valence-corrected chi connectivity index (χ1v) is 11.4. The molecule has 9 nitrogen and oxygen atoms in total. The molecule has 0 aliphatic heterocycles. The molecule has 192 valence electrons. The van der Waals surface area contributed by atoms with Crippen LogP contribution in [0.1, 0.15) is 47.8 Å². The lowest BCUT2D eigenvalue weighted by atomic mass is 9.89. The van der Waals surface area contributed by atoms with Gasteiger partial charge in [0, 0.05) is 37.4 Å². The summed E-state index contributed by atoms with van der Waals surface area (Å²) in [6, 6.07) is 5.78. The standard InChI is InChI=1S/C26H36N2O7/c1-7-17-18(13-23(31)28(10-11-33-4)15-26(2,3)27)24(20(30)14-19(17)29)25(32)16-8-9-21(34-5)22(12-16)35-6/h8-9,12,14,29-30H,7,10-11,13,15,27H2,1-6H3. The molecule has 0 atom stereocenters. The molecule has 2 aromatic carbocycles. The minimum Gasteiger partial charge on any atom is -0.508 e. The van der Waals surface area contributed by atoms with Gasteiger partial charge < -0.3 is 35.1 Å². The Morgan fingerprint density at radius 1 is 1.00 bits per heavy atom. The first-order chi connectivity index (χ1) is 16.5. The average molecular weight is 489 g/mol. The van der Waals surface area contributed by atoms with Gasteiger partial charge in [0.05, 0.1) is 32.8 Å². The lowest BCUT2D eigenvalue weighted by molar-refractivity contribution is -0.131. The smallest absolute Gasteiger partial charge is 0.227 e. The van der Waals surface area contributed by atoms with Crippen LogP contribution in [-0.4, -0.2) is 73.4 Å². The van der Waals surface area contributed by atoms with E-state index in [1.54, 1.807) is 31.1 Å². The second-order valence-electron chi connectivity index (χ2n) is 8.97. The van der Waals surface area contributed by atoms with Crippen molar-refractivity contribution in [3.05, 3.63) is 46.5 Å². The van der Waals surface area contributed by atoms with E-state index in [0.717, 1.165) is 6.07 Å². The zero-order valence-corrected chi connectivity index (χ0v) is 21.3. The second kappa shape index (κ2) is 11.9. The summed E-state index contributed by atoms with van der Waals surface area (Å²) in [5.74, 6) is -0.614. The number of rotatable bonds is 12. The Kier molecular flexibility index (Phi) is 9.50. The van der Waals surface area contributed by atoms with Gasteiger partial charge in [-0.2, -0.15) is 0 Å². The lowest BCUT2D eigenvalue weighted by Crippen LogP contribution is -2.49. The van der Waals surface area contributed by atoms with Gasteiger partial charge in [-0.3, -0.25) is 9.59 Å². The third-order valence-electron chi connectivity index (χ3n) is 5.58. The number of ether oxygens (including phenoxy) is 3. The fourth-order valence-corrected chi connectivity index (χ4v) is 3.96. The molecule has 0 unspecified atom stereocenters. The van der Waals surface area contributed by atoms with Gasteiger partial charge in [-0.05, 0) is 49.6 Å². The average Bonchev–Trinajstić information content (AvgIpc) is 2.80. The molecular weight excluding hydrogens is 452 g/mol. The van der Waals surface area contributed by atoms with Crippen molar-refractivity contribution in [1.29, 1.82) is 0 Å². The molecule has 9 heteroatoms. The fourth-order valence-electron chi connectivity index (χ4n) is 3.96. The van der Waals surface area contributed by atoms with E-state index in [2.05, 4.69) is 0 Å². The van der Waals surface area contributed by atoms with E-state index in [-0.39, 0.29) is 41.3 Å². The Morgan fingerprint density at radius 2 is 1.66 bits per heavy atom. The maximum atomic E-state index is 13.6. The van der Waals surface area contributed by atoms with Crippen molar-refractivity contribution in [1.82, 2.24) is 4.90 Å². The molecule has 0 fully saturated rings. The summed E-state index contributed by atoms with van der Waals surface area (Å²) in [4.78, 5) is 28.5. The number of ketones is 1. The number of hydrogen-bond acceptors (Lipinski definition) is 8. The van der Waals surface area contributed by atoms with Crippen LogP contribution in [0.2, 0.25) is 0 Å². The third kappa shape index (κ3) is 6.86. The number of phenolic OH excluding ortho intramolecular Hbond substituents is 2. The minimum absolute atomic E-state index is 0.0427. The van der Waals surface area contributed by atoms with Crippen LogP contribution in [-0.2, 0) is 22.4 Å². The Hall–Kier alpha value is -3.30. The van der Waals surface area contributed by atoms with E-state index in [4.69, 9.17) is 19.9 Å². The number of amides is 1. The van der Waals surface area contributed by atoms with Gasteiger partial charge in [0.25, 0.3) is 0 Å². The molecule has 0 saturated heterocycles. The Labute approximate surface area is 206 Å². The summed E-state index contributed by atoms with van der Waals surface area (Å²) in [7, 11) is 4.48. The van der Waals surface area contributed by atoms with Crippen LogP contribution in [0.25, 0.3) is 0 Å². The van der Waals surface area contributed by atoms with Crippen molar-refractivity contribution in [3.63, 3.8) is 0 Å². The van der Waals surface area contributed by atoms with Gasteiger partial charge in [-0.1, -0.05) is 6.92 Å². The van der Waals surface area contributed by atoms with E-state index in [1.807, 2.05) is 13.8 Å². The predicted octanol–water partition coefficient (Wildman–Crippen LogP) is 2.66. The van der Waals surface area contributed by atoms with Crippen LogP contribution < -0.4 is 15.2 Å². The molecule has 4 N–H and O–H groups in total. The highest BCUT2D eigenvalue weighted by Crippen LogP contribution is 2.36. The first kappa shape index (κ1) is 27.9. The molecule has 0 spiro atoms. The number of carbonyl (C=O) groups excluding carboxylic acids is 2. The molecule has 0 bridgehead atoms. The summed E-state index contributed by atoms with van der Waals surface area (Å²) in [5.41, 5.74) is 6.38. The van der Waals surface area contributed by atoms with Gasteiger partial charge in [-0.15, -0.1) is 0 Å². The third-order valence-corrected chi connectivity index (χ3v) is 5.58. The number of nitrogens with zero attached hydrogens (tertiary/aromatic N) is 1. The van der Waals surface area contributed by atoms with Gasteiger partial charge >= 0.3 is 0 Å². The zero-order valence-electron chi connectivity index (χ0n) is 21.3. The molecular formula is C26H36N2O7. The highest BCUT2D eigenvalue weighted by Gasteiger charge is 2.28. The Balaban J connectivity index is 2.59. The predicted molar refractivity (Wildman–Crippen MR) is 133 cm³/mol. The molecule has 0 aliphatic carbocycles. The topological polar surface area (TPSA) is 132 Å². The van der Waals surface area contributed by atoms with Crippen molar-refractivity contribution in [2.75, 3.05) is 41.0 Å². The number of methoxy groups -OCH3 is 3. The number of phenols is 2. The monoisotopic (exact) mass is 488 g/mol. The normalized spacial score (nSPS) is 11.3. The molecule has 0 radical (unpaired) electrons. The van der Waals surface area contributed by atoms with Crippen LogP contribution in [0.5, 0.6) is 23.0 Å². The van der Waals surface area contributed by atoms with Crippen molar-refractivity contribution in [3.8, 4) is 23.0 Å². The van der Waals surface area contributed by atoms with E-state index >= 15 is 0 Å². The number of hydrogen-bond donors (Lipinski definition) is 3. The molecule has 2 aromatic rings. The van der Waals surface area contributed by atoms with Crippen LogP contribution >= 0.6 is 0 Å². The summed E-state index contributed by atoms with van der Waals surface area (Å²) < 4.78 is 15.7. The van der Waals surface area contributed by atoms with E-state index in [9.17, 15) is 19.8 Å². The molecule has 0 heterocycles. The first-order valence-electron chi connectivity index (χ1n) is 11.4. The Bertz CT molecular complexity index is 1060. The number of benzene rings is 2. The van der Waals surface area contributed by atoms with Crippen molar-refractivity contribution >= 4 is 11.7 Å². The molecule has 0 aromatic heterocycles. The second-order valence-corrected chi connectivity index (χ2v) is 8.97. The van der Waals surface area contributed by atoms with Crippen LogP contribution in [0.15, 0.2) is 24.3 Å². The SMILES string of the molecule is CCc1c(O)cc(O)c(C(=O)c2ccc(OC)c(OC)c2)c1CC(=O)N(CCOC)CC(C)(C)N. The number of nitrogens with two attached hydrogens (primary N) is 1. The highest BCUT2D eigenvalue weighted by atomic mass is 16.5. The van der Waals surface area contributed by atoms with Crippen LogP contribution in [0, 0.1) is 0 Å². The fraction of sp³-hybridized carbons (Fsp3) is 0.462. The van der Waals surface area contributed by atoms with Gasteiger partial charge in [-0.25, -0.2) is 0 Å². The molecule has 0 saturated carbocycles.